The fourth-order valence-corrected chi connectivity index (χ4v) is 1.39. The van der Waals surface area contributed by atoms with E-state index in [9.17, 15) is 4.79 Å². The molecule has 16 heavy (non-hydrogen) atoms. The van der Waals surface area contributed by atoms with Crippen molar-refractivity contribution in [2.75, 3.05) is 6.61 Å². The van der Waals surface area contributed by atoms with E-state index in [2.05, 4.69) is 5.32 Å². The van der Waals surface area contributed by atoms with Crippen LogP contribution in [0.25, 0.3) is 0 Å². The van der Waals surface area contributed by atoms with E-state index >= 15 is 0 Å². The summed E-state index contributed by atoms with van der Waals surface area (Å²) >= 11 is 4.89. The summed E-state index contributed by atoms with van der Waals surface area (Å²) in [5.41, 5.74) is 5.22. The van der Waals surface area contributed by atoms with Crippen molar-refractivity contribution in [1.82, 2.24) is 5.32 Å². The fraction of sp³-hybridized carbons (Fsp3) is 0.818. The number of rotatable bonds is 5. The lowest BCUT2D eigenvalue weighted by atomic mass is 10.0. The lowest BCUT2D eigenvalue weighted by molar-refractivity contribution is -0.131. The van der Waals surface area contributed by atoms with Crippen LogP contribution in [-0.4, -0.2) is 29.1 Å². The average molecular weight is 246 g/mol. The van der Waals surface area contributed by atoms with Crippen LogP contribution in [0.3, 0.4) is 0 Å². The first-order valence-electron chi connectivity index (χ1n) is 5.36. The molecule has 1 amide bonds. The minimum Gasteiger partial charge on any atom is -0.392 e. The number of amides is 1. The summed E-state index contributed by atoms with van der Waals surface area (Å²) in [7, 11) is 0. The van der Waals surface area contributed by atoms with Gasteiger partial charge in [-0.05, 0) is 26.7 Å². The molecular weight excluding hydrogens is 224 g/mol. The summed E-state index contributed by atoms with van der Waals surface area (Å²) in [5, 5.41) is 2.76. The molecule has 0 radical (unpaired) electrons. The predicted octanol–water partition coefficient (Wildman–Crippen LogP) is 1.23. The SMILES string of the molecule is CC(C)C(NC(=O)COC(C)(C)C)C(N)=S. The molecule has 0 aliphatic rings. The highest BCUT2D eigenvalue weighted by Gasteiger charge is 2.20. The lowest BCUT2D eigenvalue weighted by Gasteiger charge is -2.23. The van der Waals surface area contributed by atoms with Crippen LogP contribution < -0.4 is 11.1 Å². The van der Waals surface area contributed by atoms with E-state index in [1.807, 2.05) is 34.6 Å². The van der Waals surface area contributed by atoms with Gasteiger partial charge < -0.3 is 15.8 Å². The second-order valence-corrected chi connectivity index (χ2v) is 5.56. The van der Waals surface area contributed by atoms with Crippen molar-refractivity contribution >= 4 is 23.1 Å². The number of carbonyl (C=O) groups excluding carboxylic acids is 1. The Bertz CT molecular complexity index is 259. The molecule has 0 heterocycles. The lowest BCUT2D eigenvalue weighted by Crippen LogP contribution is -2.48. The second-order valence-electron chi connectivity index (χ2n) is 5.09. The van der Waals surface area contributed by atoms with Crippen molar-refractivity contribution in [2.45, 2.75) is 46.3 Å². The van der Waals surface area contributed by atoms with Gasteiger partial charge in [0.2, 0.25) is 5.91 Å². The normalized spacial score (nSPS) is 13.6. The van der Waals surface area contributed by atoms with Gasteiger partial charge in [0.25, 0.3) is 0 Å². The van der Waals surface area contributed by atoms with E-state index in [4.69, 9.17) is 22.7 Å². The predicted molar refractivity (Wildman–Crippen MR) is 69.3 cm³/mol. The first kappa shape index (κ1) is 15.3. The summed E-state index contributed by atoms with van der Waals surface area (Å²) in [6.07, 6.45) is 0. The van der Waals surface area contributed by atoms with Crippen LogP contribution in [0.4, 0.5) is 0 Å². The third-order valence-corrected chi connectivity index (χ3v) is 2.18. The van der Waals surface area contributed by atoms with Crippen LogP contribution in [0.1, 0.15) is 34.6 Å². The highest BCUT2D eigenvalue weighted by Crippen LogP contribution is 2.06. The molecule has 0 aromatic heterocycles. The Labute approximate surface area is 103 Å². The van der Waals surface area contributed by atoms with E-state index in [0.29, 0.717) is 4.99 Å². The molecule has 0 aliphatic heterocycles. The van der Waals surface area contributed by atoms with Crippen molar-refractivity contribution in [3.8, 4) is 0 Å². The number of ether oxygens (including phenoxy) is 1. The minimum atomic E-state index is -0.326. The van der Waals surface area contributed by atoms with Crippen LogP contribution in [0.15, 0.2) is 0 Å². The van der Waals surface area contributed by atoms with Gasteiger partial charge >= 0.3 is 0 Å². The van der Waals surface area contributed by atoms with Crippen molar-refractivity contribution in [2.24, 2.45) is 11.7 Å². The van der Waals surface area contributed by atoms with E-state index in [-0.39, 0.29) is 30.1 Å². The van der Waals surface area contributed by atoms with E-state index in [1.54, 1.807) is 0 Å². The number of hydrogen-bond donors (Lipinski definition) is 2. The Morgan fingerprint density at radius 2 is 1.94 bits per heavy atom. The number of nitrogens with one attached hydrogen (secondary N) is 1. The third kappa shape index (κ3) is 6.74. The molecule has 0 fully saturated rings. The third-order valence-electron chi connectivity index (χ3n) is 1.93. The molecule has 3 N–H and O–H groups in total. The maximum Gasteiger partial charge on any atom is 0.246 e. The number of nitrogens with two attached hydrogens (primary N) is 1. The molecule has 0 rings (SSSR count). The summed E-state index contributed by atoms with van der Waals surface area (Å²) in [6.45, 7) is 9.62. The molecule has 1 atom stereocenters. The van der Waals surface area contributed by atoms with Crippen LogP contribution in [0.5, 0.6) is 0 Å². The molecule has 0 spiro atoms. The summed E-state index contributed by atoms with van der Waals surface area (Å²) in [5.74, 6) is -0.0162. The summed E-state index contributed by atoms with van der Waals surface area (Å²) < 4.78 is 5.36. The Morgan fingerprint density at radius 3 is 2.25 bits per heavy atom. The van der Waals surface area contributed by atoms with Crippen molar-refractivity contribution in [1.29, 1.82) is 0 Å². The zero-order valence-electron chi connectivity index (χ0n) is 10.7. The van der Waals surface area contributed by atoms with Gasteiger partial charge in [-0.3, -0.25) is 4.79 Å². The molecule has 4 nitrogen and oxygen atoms in total. The topological polar surface area (TPSA) is 64.3 Å². The average Bonchev–Trinajstić information content (AvgIpc) is 2.08. The number of hydrogen-bond acceptors (Lipinski definition) is 3. The van der Waals surface area contributed by atoms with E-state index in [1.165, 1.54) is 0 Å². The standard InChI is InChI=1S/C11H22N2O2S/c1-7(2)9(10(12)16)13-8(14)6-15-11(3,4)5/h7,9H,6H2,1-5H3,(H2,12,16)(H,13,14). The Kier molecular flexibility index (Phi) is 5.89. The molecule has 0 aromatic carbocycles. The first-order chi connectivity index (χ1) is 7.13. The first-order valence-corrected chi connectivity index (χ1v) is 5.77. The molecule has 0 bridgehead atoms. The maximum absolute atomic E-state index is 11.6. The molecular formula is C11H22N2O2S. The van der Waals surface area contributed by atoms with Gasteiger partial charge in [-0.25, -0.2) is 0 Å². The van der Waals surface area contributed by atoms with Crippen molar-refractivity contribution < 1.29 is 9.53 Å². The quantitative estimate of drug-likeness (QED) is 0.716. The maximum atomic E-state index is 11.6. The fourth-order valence-electron chi connectivity index (χ4n) is 1.06. The largest absolute Gasteiger partial charge is 0.392 e. The summed E-state index contributed by atoms with van der Waals surface area (Å²) in [4.78, 5) is 11.9. The smallest absolute Gasteiger partial charge is 0.246 e. The Hall–Kier alpha value is -0.680. The molecule has 0 aromatic rings. The van der Waals surface area contributed by atoms with Crippen LogP contribution >= 0.6 is 12.2 Å². The molecule has 94 valence electrons. The van der Waals surface area contributed by atoms with Gasteiger partial charge in [0.05, 0.1) is 16.6 Å². The minimum absolute atomic E-state index is 0.0231. The van der Waals surface area contributed by atoms with E-state index in [0.717, 1.165) is 0 Å². The second kappa shape index (κ2) is 6.15. The summed E-state index contributed by atoms with van der Waals surface area (Å²) in [6, 6.07) is -0.272. The van der Waals surface area contributed by atoms with E-state index < -0.39 is 0 Å². The van der Waals surface area contributed by atoms with Gasteiger partial charge in [-0.1, -0.05) is 26.1 Å². The number of carbonyl (C=O) groups is 1. The molecule has 0 aliphatic carbocycles. The molecule has 1 unspecified atom stereocenters. The van der Waals surface area contributed by atoms with Gasteiger partial charge in [0.15, 0.2) is 0 Å². The molecule has 0 saturated heterocycles. The van der Waals surface area contributed by atoms with Gasteiger partial charge in [0.1, 0.15) is 6.61 Å². The number of thiocarbonyl (C=S) groups is 1. The van der Waals surface area contributed by atoms with Crippen LogP contribution in [0.2, 0.25) is 0 Å². The monoisotopic (exact) mass is 246 g/mol. The van der Waals surface area contributed by atoms with Crippen LogP contribution in [0, 0.1) is 5.92 Å². The zero-order chi connectivity index (χ0) is 12.9. The molecule has 0 saturated carbocycles. The van der Waals surface area contributed by atoms with Crippen LogP contribution in [-0.2, 0) is 9.53 Å². The Morgan fingerprint density at radius 1 is 1.44 bits per heavy atom. The molecule has 5 heteroatoms. The van der Waals surface area contributed by atoms with Gasteiger partial charge in [0, 0.05) is 0 Å². The van der Waals surface area contributed by atoms with Gasteiger partial charge in [-0.15, -0.1) is 0 Å². The van der Waals surface area contributed by atoms with Crippen molar-refractivity contribution in [3.63, 3.8) is 0 Å². The van der Waals surface area contributed by atoms with Gasteiger partial charge in [-0.2, -0.15) is 0 Å². The highest BCUT2D eigenvalue weighted by molar-refractivity contribution is 7.80. The van der Waals surface area contributed by atoms with Crippen molar-refractivity contribution in [3.05, 3.63) is 0 Å². The Balaban J connectivity index is 4.17. The highest BCUT2D eigenvalue weighted by atomic mass is 32.1. The zero-order valence-corrected chi connectivity index (χ0v) is 11.5.